The van der Waals surface area contributed by atoms with Crippen LogP contribution in [0.15, 0.2) is 11.6 Å². The molecule has 1 heterocycles. The van der Waals surface area contributed by atoms with Gasteiger partial charge < -0.3 is 4.74 Å². The highest BCUT2D eigenvalue weighted by Gasteiger charge is 2.34. The fourth-order valence-corrected chi connectivity index (χ4v) is 1.89. The molecule has 0 aromatic carbocycles. The molecule has 2 aliphatic rings. The quantitative estimate of drug-likeness (QED) is 0.390. The molecular formula is C9H12O2. The monoisotopic (exact) mass is 152 g/mol. The zero-order valence-corrected chi connectivity index (χ0v) is 6.67. The maximum Gasteiger partial charge on any atom is 0.306 e. The number of ether oxygens (including phenoxy) is 1. The van der Waals surface area contributed by atoms with E-state index in [1.807, 2.05) is 0 Å². The summed E-state index contributed by atoms with van der Waals surface area (Å²) in [6, 6.07) is 0. The van der Waals surface area contributed by atoms with Gasteiger partial charge in [0.1, 0.15) is 6.10 Å². The van der Waals surface area contributed by atoms with Crippen molar-refractivity contribution < 1.29 is 9.53 Å². The van der Waals surface area contributed by atoms with Crippen LogP contribution in [0.1, 0.15) is 26.2 Å². The summed E-state index contributed by atoms with van der Waals surface area (Å²) in [5.74, 6) is 0.363. The third-order valence-corrected chi connectivity index (χ3v) is 2.48. The first-order valence-corrected chi connectivity index (χ1v) is 4.12. The molecule has 1 saturated heterocycles. The van der Waals surface area contributed by atoms with Gasteiger partial charge in [0.05, 0.1) is 6.42 Å². The molecular weight excluding hydrogens is 140 g/mol. The van der Waals surface area contributed by atoms with E-state index in [9.17, 15) is 4.79 Å². The molecule has 1 aliphatic heterocycles. The van der Waals surface area contributed by atoms with Gasteiger partial charge in [-0.2, -0.15) is 0 Å². The van der Waals surface area contributed by atoms with Crippen LogP contribution in [0.4, 0.5) is 0 Å². The molecule has 1 fully saturated rings. The molecule has 0 spiro atoms. The van der Waals surface area contributed by atoms with Crippen molar-refractivity contribution in [1.29, 1.82) is 0 Å². The van der Waals surface area contributed by atoms with Crippen molar-refractivity contribution in [2.24, 2.45) is 5.92 Å². The number of rotatable bonds is 0. The molecule has 0 bridgehead atoms. The summed E-state index contributed by atoms with van der Waals surface area (Å²) in [4.78, 5) is 10.9. The number of fused-ring (bicyclic) bond motifs is 1. The summed E-state index contributed by atoms with van der Waals surface area (Å²) in [6.07, 6.45) is 5.11. The van der Waals surface area contributed by atoms with Crippen LogP contribution in [0.25, 0.3) is 0 Å². The molecule has 2 atom stereocenters. The van der Waals surface area contributed by atoms with Gasteiger partial charge in [0.15, 0.2) is 0 Å². The van der Waals surface area contributed by atoms with Crippen molar-refractivity contribution in [3.8, 4) is 0 Å². The second-order valence-electron chi connectivity index (χ2n) is 3.45. The van der Waals surface area contributed by atoms with E-state index < -0.39 is 0 Å². The van der Waals surface area contributed by atoms with Gasteiger partial charge in [0, 0.05) is 5.92 Å². The van der Waals surface area contributed by atoms with Crippen molar-refractivity contribution in [2.45, 2.75) is 32.3 Å². The molecule has 1 aliphatic carbocycles. The Morgan fingerprint density at radius 3 is 3.27 bits per heavy atom. The van der Waals surface area contributed by atoms with Crippen LogP contribution < -0.4 is 0 Å². The SMILES string of the molecule is CC1=C[C@H]2CC(=O)O[C@H]2CC1. The van der Waals surface area contributed by atoms with E-state index >= 15 is 0 Å². The number of allylic oxidation sites excluding steroid dienone is 1. The Kier molecular flexibility index (Phi) is 1.48. The standard InChI is InChI=1S/C9H12O2/c1-6-2-3-8-7(4-6)5-9(10)11-8/h4,7-8H,2-3,5H2,1H3/t7-,8-/m0/s1. The molecule has 0 unspecified atom stereocenters. The zero-order valence-electron chi connectivity index (χ0n) is 6.67. The number of carbonyl (C=O) groups excluding carboxylic acids is 1. The molecule has 2 heteroatoms. The summed E-state index contributed by atoms with van der Waals surface area (Å²) in [7, 11) is 0. The van der Waals surface area contributed by atoms with Crippen LogP contribution in [-0.4, -0.2) is 12.1 Å². The lowest BCUT2D eigenvalue weighted by molar-refractivity contribution is -0.141. The van der Waals surface area contributed by atoms with E-state index in [0.717, 1.165) is 12.8 Å². The van der Waals surface area contributed by atoms with E-state index in [1.165, 1.54) is 5.57 Å². The highest BCUT2D eigenvalue weighted by molar-refractivity contribution is 5.72. The molecule has 0 saturated carbocycles. The second-order valence-corrected chi connectivity index (χ2v) is 3.45. The zero-order chi connectivity index (χ0) is 7.84. The molecule has 60 valence electrons. The van der Waals surface area contributed by atoms with Crippen LogP contribution in [-0.2, 0) is 9.53 Å². The lowest BCUT2D eigenvalue weighted by Crippen LogP contribution is -2.18. The lowest BCUT2D eigenvalue weighted by Gasteiger charge is -2.20. The number of hydrogen-bond acceptors (Lipinski definition) is 2. The van der Waals surface area contributed by atoms with E-state index in [-0.39, 0.29) is 12.1 Å². The van der Waals surface area contributed by atoms with Gasteiger partial charge in [-0.3, -0.25) is 4.79 Å². The van der Waals surface area contributed by atoms with E-state index in [2.05, 4.69) is 13.0 Å². The molecule has 0 aromatic rings. The molecule has 2 nitrogen and oxygen atoms in total. The maximum absolute atomic E-state index is 10.9. The predicted octanol–water partition coefficient (Wildman–Crippen LogP) is 1.66. The molecule has 11 heavy (non-hydrogen) atoms. The van der Waals surface area contributed by atoms with Crippen LogP contribution in [0.5, 0.6) is 0 Å². The molecule has 0 aromatic heterocycles. The molecule has 0 amide bonds. The molecule has 0 radical (unpaired) electrons. The van der Waals surface area contributed by atoms with E-state index in [4.69, 9.17) is 4.74 Å². The summed E-state index contributed by atoms with van der Waals surface area (Å²) >= 11 is 0. The topological polar surface area (TPSA) is 26.3 Å². The first kappa shape index (κ1) is 6.89. The minimum absolute atomic E-state index is 0.0223. The van der Waals surface area contributed by atoms with Gasteiger partial charge in [-0.25, -0.2) is 0 Å². The highest BCUT2D eigenvalue weighted by Crippen LogP contribution is 2.32. The third kappa shape index (κ3) is 1.17. The smallest absolute Gasteiger partial charge is 0.306 e. The average molecular weight is 152 g/mol. The Morgan fingerprint density at radius 2 is 2.45 bits per heavy atom. The minimum atomic E-state index is -0.0223. The fourth-order valence-electron chi connectivity index (χ4n) is 1.89. The Bertz CT molecular complexity index is 218. The van der Waals surface area contributed by atoms with Gasteiger partial charge in [0.2, 0.25) is 0 Å². The highest BCUT2D eigenvalue weighted by atomic mass is 16.5. The van der Waals surface area contributed by atoms with Crippen molar-refractivity contribution in [3.63, 3.8) is 0 Å². The fraction of sp³-hybridized carbons (Fsp3) is 0.667. The minimum Gasteiger partial charge on any atom is -0.462 e. The summed E-state index contributed by atoms with van der Waals surface area (Å²) < 4.78 is 5.13. The largest absolute Gasteiger partial charge is 0.462 e. The van der Waals surface area contributed by atoms with Gasteiger partial charge in [-0.05, 0) is 19.8 Å². The molecule has 0 N–H and O–H groups in total. The van der Waals surface area contributed by atoms with Crippen molar-refractivity contribution in [3.05, 3.63) is 11.6 Å². The second kappa shape index (κ2) is 2.36. The van der Waals surface area contributed by atoms with E-state index in [0.29, 0.717) is 12.3 Å². The Morgan fingerprint density at radius 1 is 1.64 bits per heavy atom. The maximum atomic E-state index is 10.9. The third-order valence-electron chi connectivity index (χ3n) is 2.48. The molecule has 2 rings (SSSR count). The van der Waals surface area contributed by atoms with Crippen LogP contribution in [0.3, 0.4) is 0 Å². The van der Waals surface area contributed by atoms with Crippen molar-refractivity contribution in [1.82, 2.24) is 0 Å². The van der Waals surface area contributed by atoms with E-state index in [1.54, 1.807) is 0 Å². The van der Waals surface area contributed by atoms with Crippen LogP contribution >= 0.6 is 0 Å². The normalized spacial score (nSPS) is 36.1. The number of hydrogen-bond donors (Lipinski definition) is 0. The Balaban J connectivity index is 2.17. The summed E-state index contributed by atoms with van der Waals surface area (Å²) in [5, 5.41) is 0. The average Bonchev–Trinajstić information content (AvgIpc) is 2.27. The van der Waals surface area contributed by atoms with Gasteiger partial charge in [0.25, 0.3) is 0 Å². The van der Waals surface area contributed by atoms with Crippen molar-refractivity contribution in [2.75, 3.05) is 0 Å². The summed E-state index contributed by atoms with van der Waals surface area (Å²) in [5.41, 5.74) is 1.41. The first-order chi connectivity index (χ1) is 5.25. The van der Waals surface area contributed by atoms with Crippen LogP contribution in [0.2, 0.25) is 0 Å². The van der Waals surface area contributed by atoms with Gasteiger partial charge in [-0.15, -0.1) is 0 Å². The first-order valence-electron chi connectivity index (χ1n) is 4.12. The number of carbonyl (C=O) groups is 1. The summed E-state index contributed by atoms with van der Waals surface area (Å²) in [6.45, 7) is 2.12. The Hall–Kier alpha value is -0.790. The van der Waals surface area contributed by atoms with Gasteiger partial charge in [-0.1, -0.05) is 11.6 Å². The van der Waals surface area contributed by atoms with Crippen LogP contribution in [0, 0.1) is 5.92 Å². The van der Waals surface area contributed by atoms with Gasteiger partial charge >= 0.3 is 5.97 Å². The number of esters is 1. The predicted molar refractivity (Wildman–Crippen MR) is 41.0 cm³/mol. The Labute approximate surface area is 66.2 Å². The lowest BCUT2D eigenvalue weighted by atomic mass is 9.88. The van der Waals surface area contributed by atoms with Crippen molar-refractivity contribution >= 4 is 5.97 Å².